The van der Waals surface area contributed by atoms with Crippen molar-refractivity contribution in [2.45, 2.75) is 17.7 Å². The number of carbonyl (C=O) groups excluding carboxylic acids is 2. The second kappa shape index (κ2) is 8.30. The number of hydrogen-bond donors (Lipinski definition) is 2. The van der Waals surface area contributed by atoms with Crippen LogP contribution in [-0.2, 0) is 10.0 Å². The molecule has 1 aliphatic rings. The molecular formula is C19H20ClN3O4S. The summed E-state index contributed by atoms with van der Waals surface area (Å²) < 4.78 is 26.8. The fourth-order valence-corrected chi connectivity index (χ4v) is 4.76. The zero-order chi connectivity index (χ0) is 20.3. The van der Waals surface area contributed by atoms with E-state index in [1.54, 1.807) is 6.07 Å². The molecule has 2 amide bonds. The third-order valence-electron chi connectivity index (χ3n) is 4.49. The summed E-state index contributed by atoms with van der Waals surface area (Å²) in [7, 11) is -2.13. The first-order chi connectivity index (χ1) is 13.3. The van der Waals surface area contributed by atoms with Gasteiger partial charge in [0, 0.05) is 31.4 Å². The van der Waals surface area contributed by atoms with Crippen molar-refractivity contribution < 1.29 is 18.0 Å². The average molecular weight is 422 g/mol. The summed E-state index contributed by atoms with van der Waals surface area (Å²) in [6.45, 7) is 0.984. The Morgan fingerprint density at radius 2 is 1.75 bits per heavy atom. The molecule has 0 aliphatic carbocycles. The number of amides is 2. The van der Waals surface area contributed by atoms with Crippen molar-refractivity contribution in [1.82, 2.24) is 9.62 Å². The van der Waals surface area contributed by atoms with Crippen LogP contribution in [0.2, 0.25) is 5.02 Å². The molecule has 1 fully saturated rings. The normalized spacial score (nSPS) is 14.6. The van der Waals surface area contributed by atoms with Gasteiger partial charge in [0.05, 0.1) is 15.5 Å². The number of nitrogens with one attached hydrogen (secondary N) is 2. The van der Waals surface area contributed by atoms with Crippen LogP contribution >= 0.6 is 11.6 Å². The predicted molar refractivity (Wildman–Crippen MR) is 107 cm³/mol. The highest BCUT2D eigenvalue weighted by Gasteiger charge is 2.27. The lowest BCUT2D eigenvalue weighted by molar-refractivity contribution is 0.0961. The molecule has 0 bridgehead atoms. The van der Waals surface area contributed by atoms with Gasteiger partial charge in [-0.05, 0) is 49.2 Å². The van der Waals surface area contributed by atoms with Gasteiger partial charge in [-0.3, -0.25) is 9.59 Å². The Bertz CT molecular complexity index is 1020. The molecule has 2 aromatic rings. The second-order valence-electron chi connectivity index (χ2n) is 6.37. The van der Waals surface area contributed by atoms with Crippen molar-refractivity contribution in [3.8, 4) is 0 Å². The van der Waals surface area contributed by atoms with Crippen molar-refractivity contribution in [3.63, 3.8) is 0 Å². The molecule has 0 aromatic heterocycles. The Morgan fingerprint density at radius 3 is 2.43 bits per heavy atom. The predicted octanol–water partition coefficient (Wildman–Crippen LogP) is 2.74. The van der Waals surface area contributed by atoms with Gasteiger partial charge in [0.1, 0.15) is 0 Å². The highest BCUT2D eigenvalue weighted by molar-refractivity contribution is 7.89. The van der Waals surface area contributed by atoms with Crippen molar-refractivity contribution in [3.05, 3.63) is 58.6 Å². The number of anilines is 1. The smallest absolute Gasteiger partial charge is 0.255 e. The molecule has 0 unspecified atom stereocenters. The molecule has 2 aromatic carbocycles. The fraction of sp³-hybridized carbons (Fsp3) is 0.263. The van der Waals surface area contributed by atoms with Crippen LogP contribution in [0, 0.1) is 0 Å². The summed E-state index contributed by atoms with van der Waals surface area (Å²) in [5, 5.41) is 5.40. The number of hydrogen-bond acceptors (Lipinski definition) is 4. The van der Waals surface area contributed by atoms with Crippen LogP contribution in [0.4, 0.5) is 5.69 Å². The van der Waals surface area contributed by atoms with Gasteiger partial charge in [-0.25, -0.2) is 8.42 Å². The van der Waals surface area contributed by atoms with Crippen LogP contribution in [0.5, 0.6) is 0 Å². The Morgan fingerprint density at radius 1 is 1.04 bits per heavy atom. The largest absolute Gasteiger partial charge is 0.355 e. The molecule has 0 radical (unpaired) electrons. The van der Waals surface area contributed by atoms with Crippen LogP contribution in [0.1, 0.15) is 33.6 Å². The summed E-state index contributed by atoms with van der Waals surface area (Å²) >= 11 is 6.01. The minimum absolute atomic E-state index is 0.0872. The lowest BCUT2D eigenvalue weighted by Gasteiger charge is -2.16. The van der Waals surface area contributed by atoms with Crippen molar-refractivity contribution >= 4 is 39.1 Å². The van der Waals surface area contributed by atoms with E-state index in [-0.39, 0.29) is 27.0 Å². The number of benzene rings is 2. The number of rotatable bonds is 5. The van der Waals surface area contributed by atoms with E-state index < -0.39 is 15.9 Å². The Balaban J connectivity index is 1.83. The summed E-state index contributed by atoms with van der Waals surface area (Å²) in [5.74, 6) is -0.858. The van der Waals surface area contributed by atoms with Gasteiger partial charge in [0.15, 0.2) is 0 Å². The summed E-state index contributed by atoms with van der Waals surface area (Å²) in [5.41, 5.74) is 0.810. The van der Waals surface area contributed by atoms with E-state index in [2.05, 4.69) is 10.6 Å². The van der Waals surface area contributed by atoms with E-state index in [0.29, 0.717) is 18.8 Å². The van der Waals surface area contributed by atoms with Crippen LogP contribution < -0.4 is 10.6 Å². The highest BCUT2D eigenvalue weighted by atomic mass is 35.5. The van der Waals surface area contributed by atoms with Gasteiger partial charge in [-0.2, -0.15) is 4.31 Å². The minimum Gasteiger partial charge on any atom is -0.355 e. The van der Waals surface area contributed by atoms with Crippen molar-refractivity contribution in [2.24, 2.45) is 0 Å². The number of halogens is 1. The Kier molecular flexibility index (Phi) is 6.02. The van der Waals surface area contributed by atoms with Crippen LogP contribution in [0.15, 0.2) is 47.4 Å². The first kappa shape index (κ1) is 20.3. The maximum absolute atomic E-state index is 12.7. The Hall–Kier alpha value is -2.42. The van der Waals surface area contributed by atoms with Gasteiger partial charge in [0.2, 0.25) is 10.0 Å². The molecule has 28 heavy (non-hydrogen) atoms. The fourth-order valence-electron chi connectivity index (χ4n) is 2.99. The topological polar surface area (TPSA) is 95.6 Å². The van der Waals surface area contributed by atoms with E-state index >= 15 is 0 Å². The van der Waals surface area contributed by atoms with E-state index in [1.165, 1.54) is 47.8 Å². The Labute approximate surface area is 168 Å². The quantitative estimate of drug-likeness (QED) is 0.775. The monoisotopic (exact) mass is 421 g/mol. The molecule has 148 valence electrons. The van der Waals surface area contributed by atoms with Crippen LogP contribution in [0.3, 0.4) is 0 Å². The van der Waals surface area contributed by atoms with Gasteiger partial charge < -0.3 is 10.6 Å². The molecule has 1 saturated heterocycles. The molecule has 0 spiro atoms. The average Bonchev–Trinajstić information content (AvgIpc) is 3.24. The number of carbonyl (C=O) groups is 2. The lowest BCUT2D eigenvalue weighted by Crippen LogP contribution is -2.28. The van der Waals surface area contributed by atoms with Crippen molar-refractivity contribution in [2.75, 3.05) is 25.5 Å². The van der Waals surface area contributed by atoms with Crippen LogP contribution in [-0.4, -0.2) is 44.7 Å². The highest BCUT2D eigenvalue weighted by Crippen LogP contribution is 2.23. The lowest BCUT2D eigenvalue weighted by atomic mass is 10.1. The second-order valence-corrected chi connectivity index (χ2v) is 8.71. The van der Waals surface area contributed by atoms with Crippen molar-refractivity contribution in [1.29, 1.82) is 0 Å². The molecule has 1 heterocycles. The molecule has 7 nitrogen and oxygen atoms in total. The minimum atomic E-state index is -3.61. The van der Waals surface area contributed by atoms with Gasteiger partial charge in [-0.15, -0.1) is 0 Å². The molecule has 0 saturated carbocycles. The molecule has 9 heteroatoms. The van der Waals surface area contributed by atoms with E-state index in [4.69, 9.17) is 11.6 Å². The molecule has 2 N–H and O–H groups in total. The standard InChI is InChI=1S/C19H20ClN3O4S/c1-21-19(25)16-12-14(7-8-17(16)20)22-18(24)13-5-4-6-15(11-13)28(26,27)23-9-2-3-10-23/h4-8,11-12H,2-3,9-10H2,1H3,(H,21,25)(H,22,24). The van der Waals surface area contributed by atoms with Gasteiger partial charge in [-0.1, -0.05) is 17.7 Å². The third-order valence-corrected chi connectivity index (χ3v) is 6.72. The molecule has 0 atom stereocenters. The molecular weight excluding hydrogens is 402 g/mol. The maximum Gasteiger partial charge on any atom is 0.255 e. The van der Waals surface area contributed by atoms with E-state index in [0.717, 1.165) is 12.8 Å². The van der Waals surface area contributed by atoms with Crippen LogP contribution in [0.25, 0.3) is 0 Å². The summed E-state index contributed by atoms with van der Waals surface area (Å²) in [6.07, 6.45) is 1.67. The molecule has 1 aliphatic heterocycles. The maximum atomic E-state index is 12.7. The van der Waals surface area contributed by atoms with Gasteiger partial charge in [0.25, 0.3) is 11.8 Å². The van der Waals surface area contributed by atoms with E-state index in [1.807, 2.05) is 0 Å². The number of nitrogens with zero attached hydrogens (tertiary/aromatic N) is 1. The third kappa shape index (κ3) is 4.19. The zero-order valence-corrected chi connectivity index (χ0v) is 16.8. The van der Waals surface area contributed by atoms with E-state index in [9.17, 15) is 18.0 Å². The SMILES string of the molecule is CNC(=O)c1cc(NC(=O)c2cccc(S(=O)(=O)N3CCCC3)c2)ccc1Cl. The zero-order valence-electron chi connectivity index (χ0n) is 15.2. The number of sulfonamides is 1. The van der Waals surface area contributed by atoms with Gasteiger partial charge >= 0.3 is 0 Å². The first-order valence-electron chi connectivity index (χ1n) is 8.76. The summed E-state index contributed by atoms with van der Waals surface area (Å²) in [6, 6.07) is 10.5. The molecule has 3 rings (SSSR count). The summed E-state index contributed by atoms with van der Waals surface area (Å²) in [4.78, 5) is 24.5. The first-order valence-corrected chi connectivity index (χ1v) is 10.6.